The van der Waals surface area contributed by atoms with E-state index in [4.69, 9.17) is 23.8 Å². The van der Waals surface area contributed by atoms with E-state index in [1.54, 1.807) is 0 Å². The number of rotatable bonds is 5. The van der Waals surface area contributed by atoms with Gasteiger partial charge in [0.15, 0.2) is 11.6 Å². The molecule has 4 heterocycles. The van der Waals surface area contributed by atoms with Crippen LogP contribution in [-0.2, 0) is 0 Å². The molecule has 6 heteroatoms. The molecule has 0 radical (unpaired) electrons. The van der Waals surface area contributed by atoms with Crippen LogP contribution in [0.25, 0.3) is 117 Å². The van der Waals surface area contributed by atoms with Crippen LogP contribution in [-0.4, -0.2) is 19.5 Å². The maximum Gasteiger partial charge on any atom is 0.238 e. The second-order valence-electron chi connectivity index (χ2n) is 14.4. The molecule has 0 saturated carbocycles. The second kappa shape index (κ2) is 12.3. The lowest BCUT2D eigenvalue weighted by Gasteiger charge is -2.14. The Hall–Kier alpha value is -7.83. The fraction of sp³-hybridized carbons (Fsp3) is 0. The van der Waals surface area contributed by atoms with Crippen molar-refractivity contribution in [1.29, 1.82) is 0 Å². The highest BCUT2D eigenvalue weighted by atomic mass is 16.3. The maximum absolute atomic E-state index is 6.57. The van der Waals surface area contributed by atoms with E-state index in [-0.39, 0.29) is 0 Å². The van der Waals surface area contributed by atoms with E-state index in [1.165, 1.54) is 0 Å². The van der Waals surface area contributed by atoms with Gasteiger partial charge in [-0.25, -0.2) is 4.98 Å². The lowest BCUT2D eigenvalue weighted by atomic mass is 9.96. The summed E-state index contributed by atoms with van der Waals surface area (Å²) in [5, 5.41) is 6.36. The number of aromatic nitrogens is 4. The van der Waals surface area contributed by atoms with E-state index in [1.807, 2.05) is 48.5 Å². The van der Waals surface area contributed by atoms with Gasteiger partial charge in [-0.15, -0.1) is 0 Å². The van der Waals surface area contributed by atoms with Gasteiger partial charge in [-0.2, -0.15) is 9.97 Å². The summed E-state index contributed by atoms with van der Waals surface area (Å²) in [4.78, 5) is 16.1. The Morgan fingerprint density at radius 1 is 0.333 bits per heavy atom. The van der Waals surface area contributed by atoms with Crippen LogP contribution in [0.2, 0.25) is 0 Å². The van der Waals surface area contributed by atoms with Crippen LogP contribution in [0.15, 0.2) is 191 Å². The largest absolute Gasteiger partial charge is 0.456 e. The molecule has 57 heavy (non-hydrogen) atoms. The van der Waals surface area contributed by atoms with E-state index in [2.05, 4.69) is 138 Å². The first-order valence-electron chi connectivity index (χ1n) is 19.0. The molecule has 8 aromatic carbocycles. The van der Waals surface area contributed by atoms with E-state index in [9.17, 15) is 0 Å². The van der Waals surface area contributed by atoms with Crippen LogP contribution >= 0.6 is 0 Å². The zero-order chi connectivity index (χ0) is 37.5. The average Bonchev–Trinajstić information content (AvgIpc) is 3.95. The monoisotopic (exact) mass is 730 g/mol. The molecule has 4 aromatic heterocycles. The van der Waals surface area contributed by atoms with Gasteiger partial charge in [0.05, 0.1) is 11.0 Å². The van der Waals surface area contributed by atoms with Crippen LogP contribution in [0.1, 0.15) is 0 Å². The third-order valence-corrected chi connectivity index (χ3v) is 11.1. The number of hydrogen-bond donors (Lipinski definition) is 0. The minimum atomic E-state index is 0.516. The van der Waals surface area contributed by atoms with Crippen LogP contribution in [0.4, 0.5) is 0 Å². The molecule has 0 aliphatic carbocycles. The molecule has 12 aromatic rings. The number of hydrogen-bond acceptors (Lipinski definition) is 5. The summed E-state index contributed by atoms with van der Waals surface area (Å²) in [6.45, 7) is 0. The van der Waals surface area contributed by atoms with Gasteiger partial charge < -0.3 is 8.83 Å². The van der Waals surface area contributed by atoms with Crippen molar-refractivity contribution in [3.63, 3.8) is 0 Å². The predicted octanol–water partition coefficient (Wildman–Crippen LogP) is 13.4. The molecule has 0 aliphatic rings. The number of fused-ring (bicyclic) bond motifs is 9. The van der Waals surface area contributed by atoms with Crippen molar-refractivity contribution in [3.05, 3.63) is 182 Å². The molecular formula is C51H30N4O2. The Bertz CT molecular complexity index is 3530. The zero-order valence-corrected chi connectivity index (χ0v) is 30.4. The summed E-state index contributed by atoms with van der Waals surface area (Å²) in [5.41, 5.74) is 11.2. The first-order chi connectivity index (χ1) is 28.2. The van der Waals surface area contributed by atoms with Crippen molar-refractivity contribution in [2.24, 2.45) is 0 Å². The van der Waals surface area contributed by atoms with Gasteiger partial charge in [0.1, 0.15) is 22.3 Å². The summed E-state index contributed by atoms with van der Waals surface area (Å²) in [7, 11) is 0. The Kier molecular flexibility index (Phi) is 6.83. The highest BCUT2D eigenvalue weighted by Crippen LogP contribution is 2.42. The van der Waals surface area contributed by atoms with E-state index in [0.717, 1.165) is 99.1 Å². The zero-order valence-electron chi connectivity index (χ0n) is 30.4. The van der Waals surface area contributed by atoms with Crippen molar-refractivity contribution in [2.45, 2.75) is 0 Å². The Balaban J connectivity index is 1.18. The molecule has 6 nitrogen and oxygen atoms in total. The van der Waals surface area contributed by atoms with E-state index in [0.29, 0.717) is 17.6 Å². The normalized spacial score (nSPS) is 11.9. The quantitative estimate of drug-likeness (QED) is 0.176. The van der Waals surface area contributed by atoms with Crippen LogP contribution in [0.3, 0.4) is 0 Å². The Morgan fingerprint density at radius 3 is 1.72 bits per heavy atom. The molecule has 0 saturated heterocycles. The molecule has 266 valence electrons. The molecule has 0 aliphatic heterocycles. The number of benzene rings is 8. The lowest BCUT2D eigenvalue weighted by Crippen LogP contribution is -2.07. The second-order valence-corrected chi connectivity index (χ2v) is 14.4. The lowest BCUT2D eigenvalue weighted by molar-refractivity contribution is 0.669. The smallest absolute Gasteiger partial charge is 0.238 e. The van der Waals surface area contributed by atoms with Gasteiger partial charge in [-0.1, -0.05) is 140 Å². The van der Waals surface area contributed by atoms with Gasteiger partial charge in [0.25, 0.3) is 0 Å². The standard InChI is InChI=1S/C51H30N4O2/c1-3-15-31(16-4-1)34-19-7-8-22-37(34)50-52-49(33-27-39(32-17-5-2-6-18-32)48-38-23-11-14-26-45(38)57-47(48)28-33)53-51(54-50)55-42-24-12-9-20-35(42)40-30-46-41(29-43(40)55)36-21-10-13-25-44(36)56-46/h1-30H. The molecule has 0 fully saturated rings. The first kappa shape index (κ1) is 31.5. The van der Waals surface area contributed by atoms with Crippen molar-refractivity contribution in [1.82, 2.24) is 19.5 Å². The van der Waals surface area contributed by atoms with Crippen LogP contribution in [0.5, 0.6) is 0 Å². The fourth-order valence-electron chi connectivity index (χ4n) is 8.49. The fourth-order valence-corrected chi connectivity index (χ4v) is 8.49. The average molecular weight is 731 g/mol. The minimum Gasteiger partial charge on any atom is -0.456 e. The first-order valence-corrected chi connectivity index (χ1v) is 19.0. The number of para-hydroxylation sites is 3. The molecule has 0 N–H and O–H groups in total. The summed E-state index contributed by atoms with van der Waals surface area (Å²) >= 11 is 0. The molecule has 0 spiro atoms. The van der Waals surface area contributed by atoms with Crippen molar-refractivity contribution in [3.8, 4) is 51.0 Å². The molecule has 0 bridgehead atoms. The Labute approximate surface area is 325 Å². The Morgan fingerprint density at radius 2 is 0.930 bits per heavy atom. The van der Waals surface area contributed by atoms with Gasteiger partial charge in [0.2, 0.25) is 5.95 Å². The molecular weight excluding hydrogens is 701 g/mol. The third-order valence-electron chi connectivity index (χ3n) is 11.1. The summed E-state index contributed by atoms with van der Waals surface area (Å²) in [6, 6.07) is 62.6. The van der Waals surface area contributed by atoms with Crippen molar-refractivity contribution in [2.75, 3.05) is 0 Å². The summed E-state index contributed by atoms with van der Waals surface area (Å²) in [5.74, 6) is 1.63. The van der Waals surface area contributed by atoms with Gasteiger partial charge >= 0.3 is 0 Å². The number of nitrogens with zero attached hydrogens (tertiary/aromatic N) is 4. The van der Waals surface area contributed by atoms with Crippen LogP contribution in [0, 0.1) is 0 Å². The SMILES string of the molecule is c1ccc(-c2ccccc2-c2nc(-c3cc(-c4ccccc4)c4c(c3)oc3ccccc34)nc(-n3c4ccccc4c4cc5oc6ccccc6c5cc43)n2)cc1. The third kappa shape index (κ3) is 4.94. The number of furan rings is 2. The predicted molar refractivity (Wildman–Crippen MR) is 230 cm³/mol. The van der Waals surface area contributed by atoms with Crippen LogP contribution < -0.4 is 0 Å². The summed E-state index contributed by atoms with van der Waals surface area (Å²) < 4.78 is 15.1. The summed E-state index contributed by atoms with van der Waals surface area (Å²) in [6.07, 6.45) is 0. The topological polar surface area (TPSA) is 69.9 Å². The molecule has 0 amide bonds. The van der Waals surface area contributed by atoms with Gasteiger partial charge in [-0.3, -0.25) is 4.57 Å². The molecule has 0 atom stereocenters. The van der Waals surface area contributed by atoms with Crippen molar-refractivity contribution < 1.29 is 8.83 Å². The van der Waals surface area contributed by atoms with E-state index < -0.39 is 0 Å². The highest BCUT2D eigenvalue weighted by Gasteiger charge is 2.22. The highest BCUT2D eigenvalue weighted by molar-refractivity contribution is 6.17. The maximum atomic E-state index is 6.57. The van der Waals surface area contributed by atoms with Crippen molar-refractivity contribution >= 4 is 65.7 Å². The molecule has 12 rings (SSSR count). The van der Waals surface area contributed by atoms with Gasteiger partial charge in [-0.05, 0) is 64.7 Å². The molecule has 0 unspecified atom stereocenters. The van der Waals surface area contributed by atoms with E-state index >= 15 is 0 Å². The minimum absolute atomic E-state index is 0.516. The van der Waals surface area contributed by atoms with Gasteiger partial charge in [0, 0.05) is 43.4 Å².